The van der Waals surface area contributed by atoms with E-state index < -0.39 is 53.1 Å². The molecule has 0 amide bonds. The van der Waals surface area contributed by atoms with Crippen LogP contribution in [0.15, 0.2) is 12.1 Å². The van der Waals surface area contributed by atoms with Gasteiger partial charge in [-0.25, -0.2) is 9.18 Å². The fourth-order valence-corrected chi connectivity index (χ4v) is 2.15. The zero-order valence-corrected chi connectivity index (χ0v) is 11.8. The molecule has 1 aliphatic rings. The molecule has 128 valence electrons. The van der Waals surface area contributed by atoms with Crippen molar-refractivity contribution in [2.75, 3.05) is 7.11 Å². The van der Waals surface area contributed by atoms with Gasteiger partial charge in [0, 0.05) is 5.56 Å². The Bertz CT molecular complexity index is 632. The predicted molar refractivity (Wildman–Crippen MR) is 63.7 cm³/mol. The van der Waals surface area contributed by atoms with Crippen LogP contribution >= 0.6 is 0 Å². The van der Waals surface area contributed by atoms with E-state index in [1.807, 2.05) is 0 Å². The number of carbonyl (C=O) groups is 1. The summed E-state index contributed by atoms with van der Waals surface area (Å²) in [4.78, 5) is 11.2. The molecule has 0 spiro atoms. The summed E-state index contributed by atoms with van der Waals surface area (Å²) < 4.78 is 79.7. The number of methoxy groups -OCH3 is 1. The minimum Gasteiger partial charge on any atom is -0.493 e. The van der Waals surface area contributed by atoms with Crippen LogP contribution in [0.2, 0.25) is 0 Å². The third kappa shape index (κ3) is 2.83. The normalized spacial score (nSPS) is 28.0. The van der Waals surface area contributed by atoms with Gasteiger partial charge in [0.25, 0.3) is 5.79 Å². The van der Waals surface area contributed by atoms with Crippen molar-refractivity contribution >= 4 is 5.97 Å². The summed E-state index contributed by atoms with van der Waals surface area (Å²) in [5, 5.41) is 9.05. The Morgan fingerprint density at radius 3 is 2.39 bits per heavy atom. The van der Waals surface area contributed by atoms with E-state index in [9.17, 15) is 26.7 Å². The van der Waals surface area contributed by atoms with E-state index >= 15 is 0 Å². The van der Waals surface area contributed by atoms with Gasteiger partial charge in [-0.3, -0.25) is 0 Å². The van der Waals surface area contributed by atoms with Gasteiger partial charge in [0.2, 0.25) is 5.82 Å². The molecule has 1 aliphatic heterocycles. The Balaban J connectivity index is 2.53. The molecule has 2 rings (SSSR count). The lowest BCUT2D eigenvalue weighted by atomic mass is 10.0. The lowest BCUT2D eigenvalue weighted by Gasteiger charge is -2.25. The van der Waals surface area contributed by atoms with E-state index in [4.69, 9.17) is 9.84 Å². The number of hydrogen-bond acceptors (Lipinski definition) is 4. The van der Waals surface area contributed by atoms with Gasteiger partial charge in [0.1, 0.15) is 6.10 Å². The highest BCUT2D eigenvalue weighted by molar-refractivity contribution is 5.74. The molecule has 3 atom stereocenters. The van der Waals surface area contributed by atoms with Crippen LogP contribution < -0.4 is 4.74 Å². The summed E-state index contributed by atoms with van der Waals surface area (Å²) in [5.41, 5.74) is -0.410. The van der Waals surface area contributed by atoms with Crippen LogP contribution in [-0.2, 0) is 14.3 Å². The van der Waals surface area contributed by atoms with Crippen molar-refractivity contribution < 1.29 is 46.1 Å². The van der Waals surface area contributed by atoms with Crippen molar-refractivity contribution in [3.05, 3.63) is 29.3 Å². The zero-order chi connectivity index (χ0) is 17.6. The van der Waals surface area contributed by atoms with Crippen molar-refractivity contribution in [2.24, 2.45) is 0 Å². The van der Waals surface area contributed by atoms with E-state index in [1.165, 1.54) is 0 Å². The van der Waals surface area contributed by atoms with Gasteiger partial charge in [-0.1, -0.05) is 0 Å². The molecule has 5 nitrogen and oxygen atoms in total. The molecule has 0 radical (unpaired) electrons. The Morgan fingerprint density at radius 1 is 1.30 bits per heavy atom. The molecule has 1 aromatic carbocycles. The minimum absolute atomic E-state index is 0.410. The van der Waals surface area contributed by atoms with Crippen LogP contribution in [0.5, 0.6) is 5.75 Å². The fraction of sp³-hybridized carbons (Fsp3) is 0.462. The summed E-state index contributed by atoms with van der Waals surface area (Å²) in [6, 6.07) is 1.50. The molecule has 1 saturated heterocycles. The van der Waals surface area contributed by atoms with Crippen LogP contribution in [0.1, 0.15) is 18.6 Å². The van der Waals surface area contributed by atoms with Crippen LogP contribution in [-0.4, -0.2) is 36.3 Å². The van der Waals surface area contributed by atoms with Gasteiger partial charge in [-0.2, -0.15) is 17.6 Å². The maximum atomic E-state index is 13.7. The number of carboxylic acid groups (broad SMARTS) is 1. The van der Waals surface area contributed by atoms with Gasteiger partial charge in [-0.15, -0.1) is 0 Å². The number of carboxylic acids is 1. The summed E-state index contributed by atoms with van der Waals surface area (Å²) in [6.07, 6.45) is -8.97. The average molecular weight is 342 g/mol. The van der Waals surface area contributed by atoms with Gasteiger partial charge in [0.05, 0.1) is 7.11 Å². The second-order valence-electron chi connectivity index (χ2n) is 4.84. The topological polar surface area (TPSA) is 65.0 Å². The molecule has 1 N–H and O–H groups in total. The summed E-state index contributed by atoms with van der Waals surface area (Å²) in [7, 11) is 0.954. The first-order chi connectivity index (χ1) is 10.5. The molecule has 0 aromatic heterocycles. The van der Waals surface area contributed by atoms with Crippen molar-refractivity contribution in [3.8, 4) is 5.75 Å². The molecule has 0 saturated carbocycles. The SMILES string of the molecule is COc1c([C@@H]2OC(C)(C(F)(F)F)O[C@H]2C(=O)O)ccc(F)c1F. The Kier molecular flexibility index (Phi) is 4.24. The van der Waals surface area contributed by atoms with Crippen molar-refractivity contribution in [2.45, 2.75) is 31.1 Å². The Labute approximate surface area is 126 Å². The number of halogens is 5. The van der Waals surface area contributed by atoms with Crippen molar-refractivity contribution in [1.82, 2.24) is 0 Å². The average Bonchev–Trinajstić information content (AvgIpc) is 2.81. The second-order valence-corrected chi connectivity index (χ2v) is 4.84. The quantitative estimate of drug-likeness (QED) is 0.856. The predicted octanol–water partition coefficient (Wildman–Crippen LogP) is 2.79. The fourth-order valence-electron chi connectivity index (χ4n) is 2.15. The highest BCUT2D eigenvalue weighted by atomic mass is 19.4. The third-order valence-electron chi connectivity index (χ3n) is 3.33. The summed E-state index contributed by atoms with van der Waals surface area (Å²) in [6.45, 7) is 0.495. The number of benzene rings is 1. The standard InChI is InChI=1S/C13H11F5O5/c1-12(13(16,17)18)22-9(10(23-12)11(19)20)5-3-4-6(14)7(15)8(5)21-2/h3-4,9-10H,1-2H3,(H,19,20)/t9-,10+,12?/m0/s1. The van der Waals surface area contributed by atoms with E-state index in [-0.39, 0.29) is 0 Å². The van der Waals surface area contributed by atoms with Crippen LogP contribution in [0.4, 0.5) is 22.0 Å². The van der Waals surface area contributed by atoms with Gasteiger partial charge < -0.3 is 19.3 Å². The summed E-state index contributed by atoms with van der Waals surface area (Å²) in [5.74, 6) is -8.50. The Hall–Kier alpha value is -1.94. The maximum absolute atomic E-state index is 13.7. The number of hydrogen-bond donors (Lipinski definition) is 1. The van der Waals surface area contributed by atoms with E-state index in [0.29, 0.717) is 13.0 Å². The lowest BCUT2D eigenvalue weighted by molar-refractivity contribution is -0.342. The van der Waals surface area contributed by atoms with Crippen LogP contribution in [0, 0.1) is 11.6 Å². The van der Waals surface area contributed by atoms with Crippen LogP contribution in [0.25, 0.3) is 0 Å². The molecule has 1 unspecified atom stereocenters. The van der Waals surface area contributed by atoms with E-state index in [1.54, 1.807) is 0 Å². The Morgan fingerprint density at radius 2 is 1.91 bits per heavy atom. The van der Waals surface area contributed by atoms with Crippen molar-refractivity contribution in [3.63, 3.8) is 0 Å². The molecule has 1 aromatic rings. The maximum Gasteiger partial charge on any atom is 0.442 e. The highest BCUT2D eigenvalue weighted by Gasteiger charge is 2.63. The third-order valence-corrected chi connectivity index (χ3v) is 3.33. The molecule has 1 fully saturated rings. The molecular weight excluding hydrogens is 331 g/mol. The first kappa shape index (κ1) is 17.4. The number of ether oxygens (including phenoxy) is 3. The first-order valence-electron chi connectivity index (χ1n) is 6.19. The summed E-state index contributed by atoms with van der Waals surface area (Å²) >= 11 is 0. The molecule has 0 aliphatic carbocycles. The number of aliphatic carboxylic acids is 1. The number of rotatable bonds is 3. The smallest absolute Gasteiger partial charge is 0.442 e. The second kappa shape index (κ2) is 5.60. The largest absolute Gasteiger partial charge is 0.493 e. The van der Waals surface area contributed by atoms with Crippen molar-refractivity contribution in [1.29, 1.82) is 0 Å². The zero-order valence-electron chi connectivity index (χ0n) is 11.8. The van der Waals surface area contributed by atoms with Gasteiger partial charge in [-0.05, 0) is 19.1 Å². The molecule has 10 heteroatoms. The van der Waals surface area contributed by atoms with E-state index in [2.05, 4.69) is 9.47 Å². The van der Waals surface area contributed by atoms with Crippen LogP contribution in [0.3, 0.4) is 0 Å². The molecule has 1 heterocycles. The number of alkyl halides is 3. The van der Waals surface area contributed by atoms with Gasteiger partial charge >= 0.3 is 12.1 Å². The molecule has 0 bridgehead atoms. The molecular formula is C13H11F5O5. The molecule has 23 heavy (non-hydrogen) atoms. The minimum atomic E-state index is -5.04. The van der Waals surface area contributed by atoms with Gasteiger partial charge in [0.15, 0.2) is 17.7 Å². The van der Waals surface area contributed by atoms with E-state index in [0.717, 1.165) is 13.2 Å². The highest BCUT2D eigenvalue weighted by Crippen LogP contribution is 2.48. The monoisotopic (exact) mass is 342 g/mol. The lowest BCUT2D eigenvalue weighted by Crippen LogP contribution is -2.44. The first-order valence-corrected chi connectivity index (χ1v) is 6.19.